The number of rotatable bonds is 4. The number of amides is 1. The number of anilines is 1. The van der Waals surface area contributed by atoms with Gasteiger partial charge in [0.05, 0.1) is 22.5 Å². The molecule has 8 heteroatoms. The summed E-state index contributed by atoms with van der Waals surface area (Å²) >= 11 is 1.49. The van der Waals surface area contributed by atoms with Crippen LogP contribution in [0.25, 0.3) is 10.2 Å². The van der Waals surface area contributed by atoms with Gasteiger partial charge in [0.25, 0.3) is 5.91 Å². The molecular formula is C18H18FN5OS. The summed E-state index contributed by atoms with van der Waals surface area (Å²) in [4.78, 5) is 27.5. The van der Waals surface area contributed by atoms with E-state index in [0.717, 1.165) is 41.5 Å². The van der Waals surface area contributed by atoms with Crippen LogP contribution in [-0.2, 0) is 0 Å². The van der Waals surface area contributed by atoms with Crippen LogP contribution in [0.2, 0.25) is 0 Å². The van der Waals surface area contributed by atoms with Crippen molar-refractivity contribution in [2.75, 3.05) is 18.4 Å². The van der Waals surface area contributed by atoms with Crippen molar-refractivity contribution in [1.29, 1.82) is 0 Å². The molecule has 4 rings (SSSR count). The molecule has 1 aliphatic rings. The average molecular weight is 371 g/mol. The van der Waals surface area contributed by atoms with Gasteiger partial charge in [-0.3, -0.25) is 9.78 Å². The number of nitrogens with one attached hydrogen (secondary N) is 1. The Morgan fingerprint density at radius 3 is 2.85 bits per heavy atom. The van der Waals surface area contributed by atoms with Crippen molar-refractivity contribution in [1.82, 2.24) is 19.9 Å². The highest BCUT2D eigenvalue weighted by Crippen LogP contribution is 2.30. The Labute approximate surface area is 154 Å². The molecule has 0 aliphatic carbocycles. The number of hydrogen-bond donors (Lipinski definition) is 1. The summed E-state index contributed by atoms with van der Waals surface area (Å²) in [7, 11) is 0. The van der Waals surface area contributed by atoms with Crippen LogP contribution in [0.3, 0.4) is 0 Å². The molecule has 4 heterocycles. The molecule has 0 bridgehead atoms. The SMILES string of the molecule is Cc1csc2c(C(=O)N3CCC3)nc(N[C@@H](C)c3cncc(F)c3)nc12. The second-order valence-electron chi connectivity index (χ2n) is 6.44. The fourth-order valence-electron chi connectivity index (χ4n) is 2.85. The van der Waals surface area contributed by atoms with Crippen LogP contribution in [0.15, 0.2) is 23.8 Å². The first-order chi connectivity index (χ1) is 12.5. The van der Waals surface area contributed by atoms with Crippen LogP contribution in [-0.4, -0.2) is 38.8 Å². The Bertz CT molecular complexity index is 985. The molecule has 0 saturated carbocycles. The summed E-state index contributed by atoms with van der Waals surface area (Å²) in [5.41, 5.74) is 2.90. The van der Waals surface area contributed by atoms with E-state index in [0.29, 0.717) is 17.2 Å². The topological polar surface area (TPSA) is 71.0 Å². The van der Waals surface area contributed by atoms with Gasteiger partial charge in [0.1, 0.15) is 5.82 Å². The minimum Gasteiger partial charge on any atom is -0.348 e. The molecule has 3 aromatic rings. The zero-order valence-corrected chi connectivity index (χ0v) is 15.3. The van der Waals surface area contributed by atoms with E-state index in [1.807, 2.05) is 19.2 Å². The molecule has 26 heavy (non-hydrogen) atoms. The number of nitrogens with zero attached hydrogens (tertiary/aromatic N) is 4. The van der Waals surface area contributed by atoms with Crippen molar-refractivity contribution in [3.05, 3.63) is 46.5 Å². The highest BCUT2D eigenvalue weighted by molar-refractivity contribution is 7.17. The number of carbonyl (C=O) groups excluding carboxylic acids is 1. The molecule has 1 amide bonds. The van der Waals surface area contributed by atoms with Crippen molar-refractivity contribution >= 4 is 33.4 Å². The summed E-state index contributed by atoms with van der Waals surface area (Å²) < 4.78 is 14.2. The third-order valence-electron chi connectivity index (χ3n) is 4.51. The molecule has 3 aromatic heterocycles. The van der Waals surface area contributed by atoms with Crippen molar-refractivity contribution in [2.45, 2.75) is 26.3 Å². The van der Waals surface area contributed by atoms with Crippen molar-refractivity contribution in [3.8, 4) is 0 Å². The molecule has 1 saturated heterocycles. The number of likely N-dealkylation sites (tertiary alicyclic amines) is 1. The lowest BCUT2D eigenvalue weighted by Crippen LogP contribution is -2.42. The number of fused-ring (bicyclic) bond motifs is 1. The molecule has 1 atom stereocenters. The van der Waals surface area contributed by atoms with Gasteiger partial charge in [-0.05, 0) is 42.8 Å². The van der Waals surface area contributed by atoms with E-state index in [2.05, 4.69) is 20.3 Å². The van der Waals surface area contributed by atoms with Gasteiger partial charge in [-0.25, -0.2) is 14.4 Å². The predicted molar refractivity (Wildman–Crippen MR) is 98.9 cm³/mol. The molecule has 0 radical (unpaired) electrons. The van der Waals surface area contributed by atoms with Gasteiger partial charge in [0, 0.05) is 19.3 Å². The number of carbonyl (C=O) groups is 1. The van der Waals surface area contributed by atoms with Crippen LogP contribution >= 0.6 is 11.3 Å². The van der Waals surface area contributed by atoms with E-state index in [1.165, 1.54) is 17.4 Å². The van der Waals surface area contributed by atoms with Gasteiger partial charge in [0.2, 0.25) is 5.95 Å². The molecule has 0 unspecified atom stereocenters. The van der Waals surface area contributed by atoms with Crippen molar-refractivity contribution in [2.24, 2.45) is 0 Å². The lowest BCUT2D eigenvalue weighted by atomic mass is 10.1. The first kappa shape index (κ1) is 16.8. The lowest BCUT2D eigenvalue weighted by Gasteiger charge is -2.30. The maximum absolute atomic E-state index is 13.4. The molecule has 1 fully saturated rings. The van der Waals surface area contributed by atoms with Gasteiger partial charge in [-0.15, -0.1) is 11.3 Å². The van der Waals surface area contributed by atoms with Gasteiger partial charge in [-0.2, -0.15) is 0 Å². The first-order valence-electron chi connectivity index (χ1n) is 8.45. The van der Waals surface area contributed by atoms with Crippen LogP contribution in [0.5, 0.6) is 0 Å². The largest absolute Gasteiger partial charge is 0.348 e. The third-order valence-corrected chi connectivity index (χ3v) is 5.60. The summed E-state index contributed by atoms with van der Waals surface area (Å²) in [5, 5.41) is 5.15. The lowest BCUT2D eigenvalue weighted by molar-refractivity contribution is 0.0648. The smallest absolute Gasteiger partial charge is 0.274 e. The fourth-order valence-corrected chi connectivity index (χ4v) is 3.82. The van der Waals surface area contributed by atoms with E-state index in [9.17, 15) is 9.18 Å². The zero-order chi connectivity index (χ0) is 18.3. The van der Waals surface area contributed by atoms with Crippen LogP contribution in [0.4, 0.5) is 10.3 Å². The number of halogens is 1. The average Bonchev–Trinajstić information content (AvgIpc) is 2.94. The Morgan fingerprint density at radius 2 is 2.15 bits per heavy atom. The predicted octanol–water partition coefficient (Wildman–Crippen LogP) is 3.55. The van der Waals surface area contributed by atoms with Crippen LogP contribution < -0.4 is 5.32 Å². The number of aromatic nitrogens is 3. The minimum atomic E-state index is -0.394. The van der Waals surface area contributed by atoms with E-state index in [-0.39, 0.29) is 11.9 Å². The second-order valence-corrected chi connectivity index (χ2v) is 7.32. The highest BCUT2D eigenvalue weighted by Gasteiger charge is 2.26. The summed E-state index contributed by atoms with van der Waals surface area (Å²) in [6.45, 7) is 5.38. The highest BCUT2D eigenvalue weighted by atomic mass is 32.1. The van der Waals surface area contributed by atoms with Gasteiger partial charge in [0.15, 0.2) is 5.69 Å². The van der Waals surface area contributed by atoms with Gasteiger partial charge < -0.3 is 10.2 Å². The molecule has 0 aromatic carbocycles. The molecule has 1 aliphatic heterocycles. The summed E-state index contributed by atoms with van der Waals surface area (Å²) in [6, 6.07) is 1.17. The van der Waals surface area contributed by atoms with E-state index in [1.54, 1.807) is 11.1 Å². The molecule has 0 spiro atoms. The van der Waals surface area contributed by atoms with Crippen LogP contribution in [0, 0.1) is 12.7 Å². The number of hydrogen-bond acceptors (Lipinski definition) is 6. The normalized spacial score (nSPS) is 15.0. The Balaban J connectivity index is 1.70. The third kappa shape index (κ3) is 3.01. The van der Waals surface area contributed by atoms with Gasteiger partial charge in [-0.1, -0.05) is 0 Å². The molecule has 1 N–H and O–H groups in total. The molecular weight excluding hydrogens is 353 g/mol. The quantitative estimate of drug-likeness (QED) is 0.759. The van der Waals surface area contributed by atoms with E-state index >= 15 is 0 Å². The van der Waals surface area contributed by atoms with Crippen molar-refractivity contribution in [3.63, 3.8) is 0 Å². The maximum Gasteiger partial charge on any atom is 0.274 e. The van der Waals surface area contributed by atoms with Crippen molar-refractivity contribution < 1.29 is 9.18 Å². The zero-order valence-electron chi connectivity index (χ0n) is 14.5. The molecule has 134 valence electrons. The first-order valence-corrected chi connectivity index (χ1v) is 9.33. The van der Waals surface area contributed by atoms with E-state index < -0.39 is 5.82 Å². The summed E-state index contributed by atoms with van der Waals surface area (Å²) in [5.74, 6) is -0.0943. The van der Waals surface area contributed by atoms with Gasteiger partial charge >= 0.3 is 0 Å². The van der Waals surface area contributed by atoms with E-state index in [4.69, 9.17) is 0 Å². The molecule has 6 nitrogen and oxygen atoms in total. The number of aryl methyl sites for hydroxylation is 1. The fraction of sp³-hybridized carbons (Fsp3) is 0.333. The second kappa shape index (κ2) is 6.60. The minimum absolute atomic E-state index is 0.0615. The number of thiophene rings is 1. The Hall–Kier alpha value is -2.61. The Kier molecular flexibility index (Phi) is 4.28. The maximum atomic E-state index is 13.4. The summed E-state index contributed by atoms with van der Waals surface area (Å²) in [6.07, 6.45) is 3.79. The number of pyridine rings is 1. The van der Waals surface area contributed by atoms with Crippen LogP contribution in [0.1, 0.15) is 41.0 Å². The monoisotopic (exact) mass is 371 g/mol. The standard InChI is InChI=1S/C18H18FN5OS/c1-10-9-26-16-14(10)22-18(23-15(16)17(25)24-4-3-5-24)21-11(2)12-6-13(19)8-20-7-12/h6-9,11H,3-5H2,1-2H3,(H,21,22,23)/t11-/m0/s1. The Morgan fingerprint density at radius 1 is 1.35 bits per heavy atom.